The van der Waals surface area contributed by atoms with Crippen LogP contribution in [0.25, 0.3) is 6.08 Å². The van der Waals surface area contributed by atoms with Gasteiger partial charge in [0, 0.05) is 31.5 Å². The van der Waals surface area contributed by atoms with Crippen LogP contribution in [0.1, 0.15) is 28.2 Å². The van der Waals surface area contributed by atoms with Crippen molar-refractivity contribution in [2.24, 2.45) is 0 Å². The van der Waals surface area contributed by atoms with E-state index in [0.717, 1.165) is 10.4 Å². The third kappa shape index (κ3) is 4.38. The molecule has 0 fully saturated rings. The number of carbonyl (C=O) groups is 2. The number of hydrogen-bond donors (Lipinski definition) is 1. The quantitative estimate of drug-likeness (QED) is 0.814. The molecule has 0 radical (unpaired) electrons. The Morgan fingerprint density at radius 2 is 2.30 bits per heavy atom. The molecule has 140 valence electrons. The van der Waals surface area contributed by atoms with Crippen molar-refractivity contribution in [1.82, 2.24) is 4.90 Å². The molecule has 0 aromatic carbocycles. The van der Waals surface area contributed by atoms with Gasteiger partial charge in [-0.1, -0.05) is 0 Å². The van der Waals surface area contributed by atoms with Crippen molar-refractivity contribution in [3.05, 3.63) is 46.2 Å². The molecular weight excluding hydrogens is 366 g/mol. The largest absolute Gasteiger partial charge is 0.465 e. The Morgan fingerprint density at radius 1 is 1.48 bits per heavy atom. The first-order chi connectivity index (χ1) is 13.0. The van der Waals surface area contributed by atoms with E-state index in [1.165, 1.54) is 28.6 Å². The minimum Gasteiger partial charge on any atom is -0.465 e. The zero-order valence-electron chi connectivity index (χ0n) is 15.0. The van der Waals surface area contributed by atoms with Crippen molar-refractivity contribution < 1.29 is 18.7 Å². The van der Waals surface area contributed by atoms with Crippen LogP contribution in [-0.2, 0) is 22.4 Å². The molecule has 0 aliphatic heterocycles. The molecular formula is C19H19N3O4S. The normalized spacial score (nSPS) is 15.8. The summed E-state index contributed by atoms with van der Waals surface area (Å²) in [5, 5.41) is 12.8. The SMILES string of the molecule is CN(C)C(=O)OC1CCc2c(sc(NC(=O)/C=C/c3ccco3)c2C#N)C1. The Morgan fingerprint density at radius 3 is 2.96 bits per heavy atom. The van der Waals surface area contributed by atoms with E-state index in [4.69, 9.17) is 9.15 Å². The molecule has 0 bridgehead atoms. The molecule has 1 aliphatic carbocycles. The van der Waals surface area contributed by atoms with Gasteiger partial charge in [0.15, 0.2) is 0 Å². The van der Waals surface area contributed by atoms with E-state index < -0.39 is 0 Å². The average Bonchev–Trinajstić information content (AvgIpc) is 3.26. The second-order valence-electron chi connectivity index (χ2n) is 6.30. The lowest BCUT2D eigenvalue weighted by Crippen LogP contribution is -2.31. The summed E-state index contributed by atoms with van der Waals surface area (Å²) in [5.41, 5.74) is 1.43. The fourth-order valence-electron chi connectivity index (χ4n) is 2.81. The van der Waals surface area contributed by atoms with Crippen LogP contribution < -0.4 is 5.32 Å². The minimum absolute atomic E-state index is 0.222. The standard InChI is InChI=1S/C19H19N3O4S/c1-22(2)19(24)26-13-5-7-14-15(11-20)18(27-16(14)10-13)21-17(23)8-6-12-4-3-9-25-12/h3-4,6,8-9,13H,5,7,10H2,1-2H3,(H,21,23)/b8-6+. The van der Waals surface area contributed by atoms with Crippen LogP contribution in [0.5, 0.6) is 0 Å². The van der Waals surface area contributed by atoms with Crippen LogP contribution >= 0.6 is 11.3 Å². The molecule has 1 unspecified atom stereocenters. The van der Waals surface area contributed by atoms with Gasteiger partial charge in [0.05, 0.1) is 11.8 Å². The highest BCUT2D eigenvalue weighted by atomic mass is 32.1. The molecule has 1 atom stereocenters. The van der Waals surface area contributed by atoms with E-state index in [-0.39, 0.29) is 18.1 Å². The molecule has 2 heterocycles. The topological polar surface area (TPSA) is 95.6 Å². The van der Waals surface area contributed by atoms with Crippen molar-refractivity contribution in [1.29, 1.82) is 5.26 Å². The number of nitriles is 1. The number of carbonyl (C=O) groups excluding carboxylic acids is 2. The minimum atomic E-state index is -0.378. The maximum Gasteiger partial charge on any atom is 0.409 e. The molecule has 0 spiro atoms. The molecule has 0 saturated heterocycles. The predicted molar refractivity (Wildman–Crippen MR) is 101 cm³/mol. The van der Waals surface area contributed by atoms with E-state index in [2.05, 4.69) is 11.4 Å². The lowest BCUT2D eigenvalue weighted by Gasteiger charge is -2.24. The van der Waals surface area contributed by atoms with Crippen molar-refractivity contribution in [3.63, 3.8) is 0 Å². The Balaban J connectivity index is 1.71. The number of fused-ring (bicyclic) bond motifs is 1. The molecule has 2 aromatic heterocycles. The van der Waals surface area contributed by atoms with Gasteiger partial charge in [0.2, 0.25) is 5.91 Å². The average molecular weight is 385 g/mol. The first-order valence-electron chi connectivity index (χ1n) is 8.43. The Labute approximate surface area is 160 Å². The summed E-state index contributed by atoms with van der Waals surface area (Å²) in [6.07, 6.45) is 5.69. The maximum absolute atomic E-state index is 12.2. The van der Waals surface area contributed by atoms with Crippen LogP contribution in [0.3, 0.4) is 0 Å². The number of nitrogens with zero attached hydrogens (tertiary/aromatic N) is 2. The first kappa shape index (κ1) is 18.7. The molecule has 8 heteroatoms. The Hall–Kier alpha value is -3.05. The number of amides is 2. The Kier molecular flexibility index (Phi) is 5.62. The molecule has 1 aliphatic rings. The zero-order chi connectivity index (χ0) is 19.4. The number of rotatable bonds is 4. The number of anilines is 1. The van der Waals surface area contributed by atoms with Gasteiger partial charge in [-0.05, 0) is 36.6 Å². The number of furan rings is 1. The molecule has 3 rings (SSSR count). The van der Waals surface area contributed by atoms with Gasteiger partial charge in [-0.25, -0.2) is 4.79 Å². The Bertz CT molecular complexity index is 906. The highest BCUT2D eigenvalue weighted by Crippen LogP contribution is 2.38. The summed E-state index contributed by atoms with van der Waals surface area (Å²) in [4.78, 5) is 26.3. The highest BCUT2D eigenvalue weighted by molar-refractivity contribution is 7.16. The molecule has 7 nitrogen and oxygen atoms in total. The van der Waals surface area contributed by atoms with Gasteiger partial charge >= 0.3 is 6.09 Å². The summed E-state index contributed by atoms with van der Waals surface area (Å²) >= 11 is 1.36. The van der Waals surface area contributed by atoms with Crippen LogP contribution in [0, 0.1) is 11.3 Å². The molecule has 1 N–H and O–H groups in total. The highest BCUT2D eigenvalue weighted by Gasteiger charge is 2.28. The van der Waals surface area contributed by atoms with Crippen LogP contribution in [-0.4, -0.2) is 37.1 Å². The summed E-state index contributed by atoms with van der Waals surface area (Å²) in [5.74, 6) is 0.235. The van der Waals surface area contributed by atoms with E-state index in [9.17, 15) is 14.9 Å². The third-order valence-electron chi connectivity index (χ3n) is 4.14. The van der Waals surface area contributed by atoms with Gasteiger partial charge in [-0.2, -0.15) is 5.26 Å². The monoisotopic (exact) mass is 385 g/mol. The molecule has 27 heavy (non-hydrogen) atoms. The number of thiophene rings is 1. The zero-order valence-corrected chi connectivity index (χ0v) is 15.8. The number of hydrogen-bond acceptors (Lipinski definition) is 6. The van der Waals surface area contributed by atoms with E-state index in [0.29, 0.717) is 35.6 Å². The van der Waals surface area contributed by atoms with E-state index in [1.807, 2.05) is 0 Å². The maximum atomic E-state index is 12.2. The second-order valence-corrected chi connectivity index (χ2v) is 7.41. The lowest BCUT2D eigenvalue weighted by atomic mass is 9.94. The molecule has 2 aromatic rings. The van der Waals surface area contributed by atoms with Crippen molar-refractivity contribution >= 4 is 34.4 Å². The van der Waals surface area contributed by atoms with Crippen molar-refractivity contribution in [3.8, 4) is 6.07 Å². The number of nitrogens with one attached hydrogen (secondary N) is 1. The summed E-state index contributed by atoms with van der Waals surface area (Å²) < 4.78 is 10.6. The van der Waals surface area contributed by atoms with Crippen LogP contribution in [0.15, 0.2) is 28.9 Å². The molecule has 0 saturated carbocycles. The molecule has 2 amide bonds. The summed E-state index contributed by atoms with van der Waals surface area (Å²) in [7, 11) is 3.28. The second kappa shape index (κ2) is 8.10. The smallest absolute Gasteiger partial charge is 0.409 e. The fourth-order valence-corrected chi connectivity index (χ4v) is 4.07. The predicted octanol–water partition coefficient (Wildman–Crippen LogP) is 3.42. The van der Waals surface area contributed by atoms with Crippen LogP contribution in [0.2, 0.25) is 0 Å². The van der Waals surface area contributed by atoms with Gasteiger partial charge in [-0.15, -0.1) is 11.3 Å². The van der Waals surface area contributed by atoms with Crippen LogP contribution in [0.4, 0.5) is 9.80 Å². The van der Waals surface area contributed by atoms with E-state index in [1.54, 1.807) is 32.3 Å². The summed E-state index contributed by atoms with van der Waals surface area (Å²) in [6.45, 7) is 0. The third-order valence-corrected chi connectivity index (χ3v) is 5.31. The van der Waals surface area contributed by atoms with Gasteiger partial charge in [0.25, 0.3) is 0 Å². The fraction of sp³-hybridized carbons (Fsp3) is 0.316. The van der Waals surface area contributed by atoms with Gasteiger partial charge in [-0.3, -0.25) is 4.79 Å². The summed E-state index contributed by atoms with van der Waals surface area (Å²) in [6, 6.07) is 5.66. The van der Waals surface area contributed by atoms with Gasteiger partial charge in [0.1, 0.15) is 22.9 Å². The van der Waals surface area contributed by atoms with Crippen molar-refractivity contribution in [2.75, 3.05) is 19.4 Å². The van der Waals surface area contributed by atoms with E-state index >= 15 is 0 Å². The van der Waals surface area contributed by atoms with Crippen molar-refractivity contribution in [2.45, 2.75) is 25.4 Å². The lowest BCUT2D eigenvalue weighted by molar-refractivity contribution is -0.111. The first-order valence-corrected chi connectivity index (χ1v) is 9.24. The number of ether oxygens (including phenoxy) is 1. The van der Waals surface area contributed by atoms with Gasteiger partial charge < -0.3 is 19.4 Å².